The first-order valence-electron chi connectivity index (χ1n) is 5.54. The molecule has 0 aromatic heterocycles. The maximum atomic E-state index is 12.1. The van der Waals surface area contributed by atoms with Crippen molar-refractivity contribution in [2.75, 3.05) is 5.32 Å². The number of halogens is 2. The lowest BCUT2D eigenvalue weighted by atomic mass is 10.1. The smallest absolute Gasteiger partial charge is 0.255 e. The first kappa shape index (κ1) is 13.7. The molecule has 0 unspecified atom stereocenters. The Balaban J connectivity index is 2.28. The maximum absolute atomic E-state index is 12.1. The molecule has 0 heterocycles. The molecule has 0 saturated carbocycles. The number of carbonyl (C=O) groups is 1. The summed E-state index contributed by atoms with van der Waals surface area (Å²) >= 11 is 12.0. The van der Waals surface area contributed by atoms with Gasteiger partial charge in [0.25, 0.3) is 5.91 Å². The van der Waals surface area contributed by atoms with Crippen LogP contribution in [-0.4, -0.2) is 11.0 Å². The lowest BCUT2D eigenvalue weighted by Crippen LogP contribution is -2.12. The summed E-state index contributed by atoms with van der Waals surface area (Å²) in [6.45, 7) is 1.72. The van der Waals surface area contributed by atoms with E-state index in [1.54, 1.807) is 31.2 Å². The van der Waals surface area contributed by atoms with E-state index in [2.05, 4.69) is 5.32 Å². The molecule has 3 nitrogen and oxygen atoms in total. The third-order valence-electron chi connectivity index (χ3n) is 2.66. The van der Waals surface area contributed by atoms with Crippen molar-refractivity contribution in [3.8, 4) is 5.75 Å². The van der Waals surface area contributed by atoms with Crippen LogP contribution in [-0.2, 0) is 0 Å². The quantitative estimate of drug-likeness (QED) is 0.870. The third kappa shape index (κ3) is 3.00. The SMILES string of the molecule is Cc1cc(C(=O)Nc2c(Cl)cccc2Cl)ccc1O. The van der Waals surface area contributed by atoms with Gasteiger partial charge in [-0.15, -0.1) is 0 Å². The van der Waals surface area contributed by atoms with E-state index < -0.39 is 0 Å². The summed E-state index contributed by atoms with van der Waals surface area (Å²) in [5.74, 6) is -0.189. The first-order chi connectivity index (χ1) is 8.99. The molecule has 98 valence electrons. The summed E-state index contributed by atoms with van der Waals surface area (Å²) in [6.07, 6.45) is 0. The largest absolute Gasteiger partial charge is 0.508 e. The Hall–Kier alpha value is -1.71. The van der Waals surface area contributed by atoms with Crippen LogP contribution in [0.15, 0.2) is 36.4 Å². The highest BCUT2D eigenvalue weighted by molar-refractivity contribution is 6.40. The van der Waals surface area contributed by atoms with Gasteiger partial charge in [0.1, 0.15) is 5.75 Å². The van der Waals surface area contributed by atoms with Crippen LogP contribution in [0.5, 0.6) is 5.75 Å². The van der Waals surface area contributed by atoms with Gasteiger partial charge in [-0.2, -0.15) is 0 Å². The summed E-state index contributed by atoms with van der Waals surface area (Å²) in [6, 6.07) is 9.58. The molecule has 0 fully saturated rings. The Morgan fingerprint density at radius 1 is 1.16 bits per heavy atom. The molecule has 19 heavy (non-hydrogen) atoms. The second-order valence-corrected chi connectivity index (χ2v) is 4.87. The van der Waals surface area contributed by atoms with Gasteiger partial charge in [-0.25, -0.2) is 0 Å². The Labute approximate surface area is 120 Å². The number of para-hydroxylation sites is 1. The average molecular weight is 296 g/mol. The Morgan fingerprint density at radius 3 is 2.37 bits per heavy atom. The highest BCUT2D eigenvalue weighted by atomic mass is 35.5. The number of hydrogen-bond acceptors (Lipinski definition) is 2. The van der Waals surface area contributed by atoms with Gasteiger partial charge in [-0.05, 0) is 42.8 Å². The fourth-order valence-electron chi connectivity index (χ4n) is 1.60. The minimum atomic E-state index is -0.335. The van der Waals surface area contributed by atoms with Crippen molar-refractivity contribution in [3.63, 3.8) is 0 Å². The predicted molar refractivity (Wildman–Crippen MR) is 77.3 cm³/mol. The molecule has 0 aliphatic heterocycles. The fourth-order valence-corrected chi connectivity index (χ4v) is 2.09. The van der Waals surface area contributed by atoms with Crippen LogP contribution in [0.3, 0.4) is 0 Å². The minimum absolute atomic E-state index is 0.146. The lowest BCUT2D eigenvalue weighted by Gasteiger charge is -2.09. The molecule has 2 rings (SSSR count). The molecule has 2 aromatic carbocycles. The van der Waals surface area contributed by atoms with Gasteiger partial charge in [0, 0.05) is 5.56 Å². The molecular formula is C14H11Cl2NO2. The minimum Gasteiger partial charge on any atom is -0.508 e. The van der Waals surface area contributed by atoms with Gasteiger partial charge in [0.2, 0.25) is 0 Å². The van der Waals surface area contributed by atoms with E-state index in [1.165, 1.54) is 12.1 Å². The number of rotatable bonds is 2. The lowest BCUT2D eigenvalue weighted by molar-refractivity contribution is 0.102. The number of anilines is 1. The van der Waals surface area contributed by atoms with E-state index in [0.29, 0.717) is 26.9 Å². The van der Waals surface area contributed by atoms with Gasteiger partial charge in [-0.1, -0.05) is 29.3 Å². The van der Waals surface area contributed by atoms with Gasteiger partial charge in [0.05, 0.1) is 15.7 Å². The second-order valence-electron chi connectivity index (χ2n) is 4.05. The van der Waals surface area contributed by atoms with E-state index >= 15 is 0 Å². The number of amides is 1. The molecule has 5 heteroatoms. The molecule has 0 saturated heterocycles. The normalized spacial score (nSPS) is 10.3. The van der Waals surface area contributed by atoms with Crippen LogP contribution < -0.4 is 5.32 Å². The highest BCUT2D eigenvalue weighted by Gasteiger charge is 2.12. The van der Waals surface area contributed by atoms with Crippen LogP contribution in [0.25, 0.3) is 0 Å². The zero-order valence-electron chi connectivity index (χ0n) is 10.1. The molecule has 0 radical (unpaired) electrons. The van der Waals surface area contributed by atoms with Crippen molar-refractivity contribution < 1.29 is 9.90 Å². The molecule has 1 amide bonds. The van der Waals surface area contributed by atoms with Gasteiger partial charge in [-0.3, -0.25) is 4.79 Å². The van der Waals surface area contributed by atoms with Crippen molar-refractivity contribution in [2.45, 2.75) is 6.92 Å². The molecule has 0 aliphatic rings. The topological polar surface area (TPSA) is 49.3 Å². The molecule has 0 atom stereocenters. The van der Waals surface area contributed by atoms with Crippen molar-refractivity contribution in [3.05, 3.63) is 57.6 Å². The van der Waals surface area contributed by atoms with Gasteiger partial charge in [0.15, 0.2) is 0 Å². The van der Waals surface area contributed by atoms with Crippen LogP contribution >= 0.6 is 23.2 Å². The highest BCUT2D eigenvalue weighted by Crippen LogP contribution is 2.30. The number of hydrogen-bond donors (Lipinski definition) is 2. The standard InChI is InChI=1S/C14H11Cl2NO2/c1-8-7-9(5-6-12(8)18)14(19)17-13-10(15)3-2-4-11(13)16/h2-7,18H,1H3,(H,17,19). The number of phenolic OH excluding ortho intramolecular Hbond substituents is 1. The molecule has 0 bridgehead atoms. The third-order valence-corrected chi connectivity index (χ3v) is 3.29. The van der Waals surface area contributed by atoms with E-state index in [4.69, 9.17) is 23.2 Å². The van der Waals surface area contributed by atoms with Crippen LogP contribution in [0.1, 0.15) is 15.9 Å². The molecule has 2 aromatic rings. The van der Waals surface area contributed by atoms with E-state index in [9.17, 15) is 9.90 Å². The Morgan fingerprint density at radius 2 is 1.79 bits per heavy atom. The summed E-state index contributed by atoms with van der Waals surface area (Å²) in [5, 5.41) is 12.8. The van der Waals surface area contributed by atoms with Crippen molar-refractivity contribution in [1.82, 2.24) is 0 Å². The molecule has 2 N–H and O–H groups in total. The van der Waals surface area contributed by atoms with E-state index in [1.807, 2.05) is 0 Å². The maximum Gasteiger partial charge on any atom is 0.255 e. The molecular weight excluding hydrogens is 285 g/mol. The number of nitrogens with one attached hydrogen (secondary N) is 1. The summed E-state index contributed by atoms with van der Waals surface area (Å²) < 4.78 is 0. The zero-order chi connectivity index (χ0) is 14.0. The Kier molecular flexibility index (Phi) is 3.98. The number of phenols is 1. The number of benzene rings is 2. The fraction of sp³-hybridized carbons (Fsp3) is 0.0714. The van der Waals surface area contributed by atoms with Crippen molar-refractivity contribution in [1.29, 1.82) is 0 Å². The van der Waals surface area contributed by atoms with Crippen molar-refractivity contribution in [2.24, 2.45) is 0 Å². The summed E-state index contributed by atoms with van der Waals surface area (Å²) in [5.41, 5.74) is 1.42. The van der Waals surface area contributed by atoms with Crippen LogP contribution in [0.4, 0.5) is 5.69 Å². The predicted octanol–water partition coefficient (Wildman–Crippen LogP) is 4.26. The number of aromatic hydroxyl groups is 1. The molecule has 0 spiro atoms. The number of carbonyl (C=O) groups excluding carboxylic acids is 1. The zero-order valence-corrected chi connectivity index (χ0v) is 11.6. The van der Waals surface area contributed by atoms with E-state index in [0.717, 1.165) is 0 Å². The van der Waals surface area contributed by atoms with Gasteiger partial charge >= 0.3 is 0 Å². The first-order valence-corrected chi connectivity index (χ1v) is 6.29. The number of aryl methyl sites for hydroxylation is 1. The second kappa shape index (κ2) is 5.51. The molecule has 0 aliphatic carbocycles. The van der Waals surface area contributed by atoms with E-state index in [-0.39, 0.29) is 11.7 Å². The summed E-state index contributed by atoms with van der Waals surface area (Å²) in [4.78, 5) is 12.1. The van der Waals surface area contributed by atoms with Crippen LogP contribution in [0.2, 0.25) is 10.0 Å². The Bertz CT molecular complexity index is 621. The average Bonchev–Trinajstić information content (AvgIpc) is 2.37. The van der Waals surface area contributed by atoms with Gasteiger partial charge < -0.3 is 10.4 Å². The monoisotopic (exact) mass is 295 g/mol. The van der Waals surface area contributed by atoms with Crippen LogP contribution in [0, 0.1) is 6.92 Å². The summed E-state index contributed by atoms with van der Waals surface area (Å²) in [7, 11) is 0. The van der Waals surface area contributed by atoms with Crippen molar-refractivity contribution >= 4 is 34.8 Å².